The number of benzene rings is 2. The van der Waals surface area contributed by atoms with E-state index in [9.17, 15) is 0 Å². The van der Waals surface area contributed by atoms with Gasteiger partial charge in [-0.15, -0.1) is 0 Å². The third-order valence-corrected chi connectivity index (χ3v) is 7.49. The fourth-order valence-electron chi connectivity index (χ4n) is 5.24. The second-order valence-corrected chi connectivity index (χ2v) is 9.65. The van der Waals surface area contributed by atoms with Crippen LogP contribution in [0.5, 0.6) is 0 Å². The van der Waals surface area contributed by atoms with Gasteiger partial charge in [0.25, 0.3) is 0 Å². The van der Waals surface area contributed by atoms with Gasteiger partial charge < -0.3 is 9.64 Å². The van der Waals surface area contributed by atoms with Crippen molar-refractivity contribution < 1.29 is 4.74 Å². The summed E-state index contributed by atoms with van der Waals surface area (Å²) < 4.78 is 7.67. The van der Waals surface area contributed by atoms with Crippen LogP contribution < -0.4 is 4.90 Å². The lowest BCUT2D eigenvalue weighted by atomic mass is 9.80. The number of imidazole rings is 1. The number of hydrogen-bond acceptors (Lipinski definition) is 5. The predicted octanol–water partition coefficient (Wildman–Crippen LogP) is 5.58. The topological polar surface area (TPSA) is 71.9 Å². The maximum Gasteiger partial charge on any atom is 0.165 e. The van der Waals surface area contributed by atoms with Crippen molar-refractivity contribution in [1.82, 2.24) is 24.7 Å². The monoisotopic (exact) mass is 476 g/mol. The first-order valence-corrected chi connectivity index (χ1v) is 12.8. The molecule has 1 aliphatic carbocycles. The number of ether oxygens (including phenoxy) is 1. The van der Waals surface area contributed by atoms with Gasteiger partial charge >= 0.3 is 0 Å². The van der Waals surface area contributed by atoms with Crippen molar-refractivity contribution in [3.63, 3.8) is 0 Å². The molecule has 36 heavy (non-hydrogen) atoms. The molecule has 1 N–H and O–H groups in total. The third-order valence-electron chi connectivity index (χ3n) is 7.49. The minimum atomic E-state index is 0.703. The molecular formula is C29H28N6O. The zero-order valence-electron chi connectivity index (χ0n) is 20.1. The number of anilines is 1. The lowest BCUT2D eigenvalue weighted by molar-refractivity contribution is 0.122. The molecule has 0 bridgehead atoms. The lowest BCUT2D eigenvalue weighted by Crippen LogP contribution is -2.36. The molecule has 2 aliphatic rings. The van der Waals surface area contributed by atoms with Gasteiger partial charge in [0, 0.05) is 36.2 Å². The van der Waals surface area contributed by atoms with Gasteiger partial charge in [0.1, 0.15) is 11.2 Å². The number of morpholine rings is 1. The number of H-pyrrole nitrogens is 1. The molecule has 5 aromatic rings. The van der Waals surface area contributed by atoms with Gasteiger partial charge in [-0.1, -0.05) is 30.7 Å². The molecule has 0 unspecified atom stereocenters. The van der Waals surface area contributed by atoms with Crippen LogP contribution in [0.3, 0.4) is 0 Å². The molecule has 2 aromatic carbocycles. The Hall–Kier alpha value is -3.97. The molecule has 7 nitrogen and oxygen atoms in total. The van der Waals surface area contributed by atoms with Crippen LogP contribution in [0.25, 0.3) is 39.6 Å². The molecule has 4 heterocycles. The van der Waals surface area contributed by atoms with E-state index in [-0.39, 0.29) is 0 Å². The van der Waals surface area contributed by atoms with E-state index in [1.807, 2.05) is 6.07 Å². The standard InChI is InChI=1S/C29H28N6O/c1-3-20(4-1)21-7-9-23(10-8-21)35-28-26(32-29(35)27-13-14-30-33-27)12-11-25(31-28)22-5-2-6-24(19-22)34-15-17-36-18-16-34/h2,5-14,19-20H,1,3-4,15-18H2,(H,30,33). The fourth-order valence-corrected chi connectivity index (χ4v) is 5.24. The fraction of sp³-hybridized carbons (Fsp3) is 0.276. The molecule has 0 radical (unpaired) electrons. The first-order valence-electron chi connectivity index (χ1n) is 12.8. The highest BCUT2D eigenvalue weighted by molar-refractivity contribution is 5.82. The quantitative estimate of drug-likeness (QED) is 0.358. The maximum atomic E-state index is 5.53. The van der Waals surface area contributed by atoms with E-state index in [0.29, 0.717) is 5.92 Å². The highest BCUT2D eigenvalue weighted by atomic mass is 16.5. The SMILES string of the molecule is c1cc(-c2ccc3nc(-c4ccn[nH]4)n(-c4ccc(C5CCC5)cc4)c3n2)cc(N2CCOCC2)c1. The second kappa shape index (κ2) is 8.91. The first-order chi connectivity index (χ1) is 17.8. The molecule has 7 heteroatoms. The molecule has 3 aromatic heterocycles. The molecule has 0 amide bonds. The molecule has 180 valence electrons. The number of rotatable bonds is 5. The average Bonchev–Trinajstić information content (AvgIpc) is 3.57. The molecule has 7 rings (SSSR count). The van der Waals surface area contributed by atoms with E-state index in [0.717, 1.165) is 65.9 Å². The highest BCUT2D eigenvalue weighted by Gasteiger charge is 2.21. The van der Waals surface area contributed by atoms with Crippen molar-refractivity contribution in [3.8, 4) is 28.5 Å². The zero-order chi connectivity index (χ0) is 23.9. The van der Waals surface area contributed by atoms with Gasteiger partial charge in [-0.2, -0.15) is 5.10 Å². The lowest BCUT2D eigenvalue weighted by Gasteiger charge is -2.29. The Kier molecular flexibility index (Phi) is 5.28. The van der Waals surface area contributed by atoms with E-state index in [2.05, 4.69) is 80.3 Å². The Morgan fingerprint density at radius 3 is 2.47 bits per heavy atom. The van der Waals surface area contributed by atoms with Gasteiger partial charge in [-0.25, -0.2) is 9.97 Å². The van der Waals surface area contributed by atoms with Crippen LogP contribution in [0.4, 0.5) is 5.69 Å². The van der Waals surface area contributed by atoms with Crippen LogP contribution in [0, 0.1) is 0 Å². The number of nitrogens with one attached hydrogen (secondary N) is 1. The molecule has 1 saturated carbocycles. The summed E-state index contributed by atoms with van der Waals surface area (Å²) in [6.07, 6.45) is 5.68. The van der Waals surface area contributed by atoms with Crippen LogP contribution in [0.1, 0.15) is 30.7 Å². The average molecular weight is 477 g/mol. The number of hydrogen-bond donors (Lipinski definition) is 1. The summed E-state index contributed by atoms with van der Waals surface area (Å²) in [6, 6.07) is 23.6. The van der Waals surface area contributed by atoms with E-state index in [1.165, 1.54) is 30.5 Å². The van der Waals surface area contributed by atoms with E-state index in [1.54, 1.807) is 6.20 Å². The van der Waals surface area contributed by atoms with Crippen molar-refractivity contribution in [1.29, 1.82) is 0 Å². The first kappa shape index (κ1) is 21.3. The Labute approximate surface area is 209 Å². The van der Waals surface area contributed by atoms with Crippen molar-refractivity contribution in [2.24, 2.45) is 0 Å². The van der Waals surface area contributed by atoms with Gasteiger partial charge in [0.05, 0.1) is 18.9 Å². The molecule has 2 fully saturated rings. The van der Waals surface area contributed by atoms with Gasteiger partial charge in [-0.05, 0) is 66.8 Å². The Morgan fingerprint density at radius 2 is 1.72 bits per heavy atom. The van der Waals surface area contributed by atoms with Crippen LogP contribution in [-0.4, -0.2) is 51.0 Å². The minimum Gasteiger partial charge on any atom is -0.378 e. The summed E-state index contributed by atoms with van der Waals surface area (Å²) in [5.41, 5.74) is 8.27. The Morgan fingerprint density at radius 1 is 0.861 bits per heavy atom. The van der Waals surface area contributed by atoms with Crippen molar-refractivity contribution in [2.45, 2.75) is 25.2 Å². The number of nitrogens with zero attached hydrogens (tertiary/aromatic N) is 5. The van der Waals surface area contributed by atoms with Crippen molar-refractivity contribution in [2.75, 3.05) is 31.2 Å². The van der Waals surface area contributed by atoms with E-state index < -0.39 is 0 Å². The Bertz CT molecular complexity index is 1500. The van der Waals surface area contributed by atoms with Gasteiger partial charge in [-0.3, -0.25) is 9.67 Å². The normalized spacial score (nSPS) is 16.4. The van der Waals surface area contributed by atoms with Crippen molar-refractivity contribution in [3.05, 3.63) is 78.5 Å². The molecule has 0 atom stereocenters. The van der Waals surface area contributed by atoms with E-state index in [4.69, 9.17) is 14.7 Å². The summed E-state index contributed by atoms with van der Waals surface area (Å²) in [4.78, 5) is 12.5. The summed E-state index contributed by atoms with van der Waals surface area (Å²) in [5, 5.41) is 7.25. The number of pyridine rings is 1. The van der Waals surface area contributed by atoms with Gasteiger partial charge in [0.15, 0.2) is 11.5 Å². The minimum absolute atomic E-state index is 0.703. The zero-order valence-corrected chi connectivity index (χ0v) is 20.1. The van der Waals surface area contributed by atoms with E-state index >= 15 is 0 Å². The third kappa shape index (κ3) is 3.76. The summed E-state index contributed by atoms with van der Waals surface area (Å²) in [7, 11) is 0. The van der Waals surface area contributed by atoms with Gasteiger partial charge in [0.2, 0.25) is 0 Å². The summed E-state index contributed by atoms with van der Waals surface area (Å²) >= 11 is 0. The number of aromatic nitrogens is 5. The molecular weight excluding hydrogens is 448 g/mol. The summed E-state index contributed by atoms with van der Waals surface area (Å²) in [5.74, 6) is 1.51. The predicted molar refractivity (Wildman–Crippen MR) is 142 cm³/mol. The van der Waals surface area contributed by atoms with Crippen LogP contribution in [-0.2, 0) is 4.74 Å². The maximum absolute atomic E-state index is 5.53. The van der Waals surface area contributed by atoms with Crippen molar-refractivity contribution >= 4 is 16.9 Å². The molecule has 1 saturated heterocycles. The molecule has 0 spiro atoms. The highest BCUT2D eigenvalue weighted by Crippen LogP contribution is 2.37. The van der Waals surface area contributed by atoms with Crippen LogP contribution in [0.2, 0.25) is 0 Å². The molecule has 1 aliphatic heterocycles. The number of aromatic amines is 1. The largest absolute Gasteiger partial charge is 0.378 e. The van der Waals surface area contributed by atoms with Crippen LogP contribution in [0.15, 0.2) is 72.9 Å². The number of fused-ring (bicyclic) bond motifs is 1. The Balaban J connectivity index is 1.33. The summed E-state index contributed by atoms with van der Waals surface area (Å²) in [6.45, 7) is 3.35. The second-order valence-electron chi connectivity index (χ2n) is 9.65. The van der Waals surface area contributed by atoms with Crippen LogP contribution >= 0.6 is 0 Å². The smallest absolute Gasteiger partial charge is 0.165 e.